The number of nitrogens with one attached hydrogen (secondary N) is 2. The normalized spacial score (nSPS) is 21.7. The number of hydrogen-bond acceptors (Lipinski definition) is 7. The number of nitrogens with zero attached hydrogens (tertiary/aromatic N) is 1. The van der Waals surface area contributed by atoms with Gasteiger partial charge in [0.2, 0.25) is 17.7 Å². The molecule has 34 heavy (non-hydrogen) atoms. The zero-order chi connectivity index (χ0) is 24.2. The van der Waals surface area contributed by atoms with Gasteiger partial charge in [0.15, 0.2) is 0 Å². The molecule has 1 aromatic carbocycles. The van der Waals surface area contributed by atoms with Gasteiger partial charge in [-0.2, -0.15) is 13.2 Å². The van der Waals surface area contributed by atoms with Crippen molar-refractivity contribution >= 4 is 57.8 Å². The zero-order valence-corrected chi connectivity index (χ0v) is 19.4. The highest BCUT2D eigenvalue weighted by atomic mass is 32.2. The van der Waals surface area contributed by atoms with Crippen LogP contribution in [0.2, 0.25) is 0 Å². The van der Waals surface area contributed by atoms with Crippen LogP contribution < -0.4 is 15.5 Å². The van der Waals surface area contributed by atoms with Gasteiger partial charge in [0.25, 0.3) is 0 Å². The molecule has 2 N–H and O–H groups in total. The molecule has 1 saturated heterocycles. The molecule has 0 unspecified atom stereocenters. The number of benzene rings is 1. The molecular formula is C21H14F3N3O4S3. The van der Waals surface area contributed by atoms with Crippen LogP contribution in [0, 0.1) is 5.92 Å². The fraction of sp³-hybridized carbons (Fsp3) is 0.238. The average molecular weight is 526 g/mol. The third-order valence-electron chi connectivity index (χ3n) is 5.51. The summed E-state index contributed by atoms with van der Waals surface area (Å²) in [6.07, 6.45) is -4.56. The van der Waals surface area contributed by atoms with E-state index in [-0.39, 0.29) is 5.69 Å². The molecule has 4 heterocycles. The number of carbonyl (C=O) groups is 3. The number of thiazole rings is 1. The summed E-state index contributed by atoms with van der Waals surface area (Å²) < 4.78 is 40.1. The van der Waals surface area contributed by atoms with Crippen LogP contribution in [0.3, 0.4) is 0 Å². The lowest BCUT2D eigenvalue weighted by molar-refractivity contribution is -0.137. The molecule has 2 aliphatic rings. The van der Waals surface area contributed by atoms with Gasteiger partial charge in [-0.15, -0.1) is 11.3 Å². The van der Waals surface area contributed by atoms with Gasteiger partial charge in [-0.05, 0) is 29.6 Å². The van der Waals surface area contributed by atoms with Crippen molar-refractivity contribution in [2.75, 3.05) is 5.32 Å². The van der Waals surface area contributed by atoms with E-state index < -0.39 is 58.0 Å². The number of halogens is 3. The Bertz CT molecular complexity index is 1360. The summed E-state index contributed by atoms with van der Waals surface area (Å²) in [5.74, 6) is -2.72. The van der Waals surface area contributed by atoms with Crippen LogP contribution in [-0.2, 0) is 27.1 Å². The Morgan fingerprint density at radius 1 is 1.12 bits per heavy atom. The third-order valence-corrected chi connectivity index (χ3v) is 9.08. The molecular weight excluding hydrogens is 511 g/mol. The molecule has 3 atom stereocenters. The standard InChI is InChI=1S/C21H14F3N3O4S3/c22-21(23,24)9-3-1-4-10(7-9)25-12(28)8-27-19-16(34-20(27)31)13(11-5-2-6-32-11)14-15(33-19)18(30)26-17(14)29/h1-7,13-15H,8H2,(H,25,28)(H,26,29,30)/t13-,14+,15-/m0/s1. The summed E-state index contributed by atoms with van der Waals surface area (Å²) in [7, 11) is 0. The Morgan fingerprint density at radius 2 is 1.91 bits per heavy atom. The highest BCUT2D eigenvalue weighted by Crippen LogP contribution is 2.52. The van der Waals surface area contributed by atoms with E-state index in [1.54, 1.807) is 0 Å². The summed E-state index contributed by atoms with van der Waals surface area (Å²) >= 11 is 3.36. The van der Waals surface area contributed by atoms with Crippen LogP contribution in [-0.4, -0.2) is 27.5 Å². The second kappa shape index (κ2) is 8.40. The number of rotatable bonds is 4. The van der Waals surface area contributed by atoms with Gasteiger partial charge in [-0.3, -0.25) is 29.1 Å². The van der Waals surface area contributed by atoms with Crippen LogP contribution in [0.25, 0.3) is 0 Å². The number of carbonyl (C=O) groups excluding carboxylic acids is 3. The Morgan fingerprint density at radius 3 is 2.62 bits per heavy atom. The van der Waals surface area contributed by atoms with Crippen molar-refractivity contribution in [2.24, 2.45) is 5.92 Å². The zero-order valence-electron chi connectivity index (χ0n) is 16.9. The molecule has 0 bridgehead atoms. The van der Waals surface area contributed by atoms with Crippen molar-refractivity contribution in [3.05, 3.63) is 66.8 Å². The van der Waals surface area contributed by atoms with E-state index in [0.29, 0.717) is 9.90 Å². The van der Waals surface area contributed by atoms with Gasteiger partial charge < -0.3 is 5.32 Å². The topological polar surface area (TPSA) is 97.3 Å². The molecule has 0 saturated carbocycles. The van der Waals surface area contributed by atoms with Crippen LogP contribution in [0.15, 0.2) is 51.6 Å². The van der Waals surface area contributed by atoms with Gasteiger partial charge in [-0.25, -0.2) is 0 Å². The number of amides is 3. The number of anilines is 1. The largest absolute Gasteiger partial charge is 0.416 e. The van der Waals surface area contributed by atoms with Crippen molar-refractivity contribution in [3.63, 3.8) is 0 Å². The Kier molecular flexibility index (Phi) is 5.65. The molecule has 176 valence electrons. The molecule has 5 rings (SSSR count). The highest BCUT2D eigenvalue weighted by Gasteiger charge is 2.53. The summed E-state index contributed by atoms with van der Waals surface area (Å²) in [6.45, 7) is -0.446. The third kappa shape index (κ3) is 3.97. The van der Waals surface area contributed by atoms with E-state index in [4.69, 9.17) is 0 Å². The summed E-state index contributed by atoms with van der Waals surface area (Å²) in [6, 6.07) is 7.84. The molecule has 0 radical (unpaired) electrons. The maximum absolute atomic E-state index is 13.0. The van der Waals surface area contributed by atoms with Crippen molar-refractivity contribution in [1.29, 1.82) is 0 Å². The lowest BCUT2D eigenvalue weighted by atomic mass is 9.87. The molecule has 1 fully saturated rings. The Labute approximate surface area is 202 Å². The van der Waals surface area contributed by atoms with Crippen LogP contribution >= 0.6 is 34.4 Å². The smallest absolute Gasteiger partial charge is 0.325 e. The minimum atomic E-state index is -4.56. The number of alkyl halides is 3. The van der Waals surface area contributed by atoms with Crippen molar-refractivity contribution in [2.45, 2.75) is 28.9 Å². The fourth-order valence-electron chi connectivity index (χ4n) is 4.07. The van der Waals surface area contributed by atoms with Gasteiger partial charge in [0.1, 0.15) is 11.8 Å². The lowest BCUT2D eigenvalue weighted by Crippen LogP contribution is -2.32. The first-order valence-electron chi connectivity index (χ1n) is 9.89. The van der Waals surface area contributed by atoms with Gasteiger partial charge in [-0.1, -0.05) is 35.2 Å². The van der Waals surface area contributed by atoms with E-state index in [1.165, 1.54) is 28.0 Å². The van der Waals surface area contributed by atoms with Crippen molar-refractivity contribution in [1.82, 2.24) is 9.88 Å². The SMILES string of the molecule is O=C(Cn1c2c(sc1=O)[C@@H](c1cccs1)[C@H]1C(=O)NC(=O)[C@H]1S2)Nc1cccc(C(F)(F)F)c1. The lowest BCUT2D eigenvalue weighted by Gasteiger charge is -2.29. The second-order valence-electron chi connectivity index (χ2n) is 7.66. The van der Waals surface area contributed by atoms with E-state index in [2.05, 4.69) is 10.6 Å². The first kappa shape index (κ1) is 22.9. The van der Waals surface area contributed by atoms with Gasteiger partial charge >= 0.3 is 11.0 Å². The number of fused-ring (bicyclic) bond motifs is 2. The molecule has 13 heteroatoms. The first-order chi connectivity index (χ1) is 16.1. The van der Waals surface area contributed by atoms with Gasteiger partial charge in [0, 0.05) is 21.4 Å². The molecule has 2 aliphatic heterocycles. The first-order valence-corrected chi connectivity index (χ1v) is 12.5. The molecule has 0 spiro atoms. The predicted octanol–water partition coefficient (Wildman–Crippen LogP) is 3.51. The van der Waals surface area contributed by atoms with Crippen molar-refractivity contribution in [3.8, 4) is 0 Å². The van der Waals surface area contributed by atoms with E-state index in [1.807, 2.05) is 17.5 Å². The number of thiophene rings is 1. The molecule has 3 amide bonds. The van der Waals surface area contributed by atoms with E-state index >= 15 is 0 Å². The predicted molar refractivity (Wildman–Crippen MR) is 121 cm³/mol. The maximum Gasteiger partial charge on any atom is 0.416 e. The maximum atomic E-state index is 13.0. The highest BCUT2D eigenvalue weighted by molar-refractivity contribution is 8.00. The summed E-state index contributed by atoms with van der Waals surface area (Å²) in [4.78, 5) is 51.4. The monoisotopic (exact) mass is 525 g/mol. The van der Waals surface area contributed by atoms with Crippen LogP contribution in [0.4, 0.5) is 18.9 Å². The van der Waals surface area contributed by atoms with Gasteiger partial charge in [0.05, 0.1) is 16.5 Å². The minimum absolute atomic E-state index is 0.0538. The number of imide groups is 1. The van der Waals surface area contributed by atoms with Crippen LogP contribution in [0.1, 0.15) is 21.2 Å². The Hall–Kier alpha value is -2.90. The molecule has 0 aliphatic carbocycles. The van der Waals surface area contributed by atoms with Crippen LogP contribution in [0.5, 0.6) is 0 Å². The molecule has 7 nitrogen and oxygen atoms in total. The summed E-state index contributed by atoms with van der Waals surface area (Å²) in [5.41, 5.74) is -0.963. The van der Waals surface area contributed by atoms with Crippen molar-refractivity contribution < 1.29 is 27.6 Å². The second-order valence-corrected chi connectivity index (χ2v) is 10.8. The molecule has 3 aromatic rings. The number of thioether (sulfide) groups is 1. The number of aromatic nitrogens is 1. The number of hydrogen-bond donors (Lipinski definition) is 2. The van der Waals surface area contributed by atoms with E-state index in [0.717, 1.165) is 40.1 Å². The Balaban J connectivity index is 1.47. The quantitative estimate of drug-likeness (QED) is 0.509. The molecule has 2 aromatic heterocycles. The summed E-state index contributed by atoms with van der Waals surface area (Å²) in [5, 5.41) is 6.25. The van der Waals surface area contributed by atoms with E-state index in [9.17, 15) is 32.3 Å². The average Bonchev–Trinajstić information content (AvgIpc) is 3.47. The fourth-order valence-corrected chi connectivity index (χ4v) is 7.76. The minimum Gasteiger partial charge on any atom is -0.325 e.